The van der Waals surface area contributed by atoms with E-state index in [0.717, 1.165) is 27.4 Å². The quantitative estimate of drug-likeness (QED) is 0.438. The monoisotopic (exact) mass is 524 g/mol. The summed E-state index contributed by atoms with van der Waals surface area (Å²) in [7, 11) is 0. The Kier molecular flexibility index (Phi) is 8.14. The van der Waals surface area contributed by atoms with Crippen LogP contribution in [0.4, 0.5) is 0 Å². The zero-order valence-electron chi connectivity index (χ0n) is 22.3. The molecule has 1 saturated heterocycles. The number of hydrogen-bond acceptors (Lipinski definition) is 7. The van der Waals surface area contributed by atoms with Gasteiger partial charge in [-0.15, -0.1) is 11.3 Å². The second-order valence-corrected chi connectivity index (χ2v) is 11.4. The average Bonchev–Trinajstić information content (AvgIpc) is 3.59. The number of benzene rings is 1. The van der Waals surface area contributed by atoms with Crippen molar-refractivity contribution in [1.82, 2.24) is 20.4 Å². The third kappa shape index (κ3) is 5.78. The van der Waals surface area contributed by atoms with Crippen molar-refractivity contribution in [2.24, 2.45) is 5.92 Å². The molecule has 0 saturated carbocycles. The van der Waals surface area contributed by atoms with Gasteiger partial charge in [-0.3, -0.25) is 9.59 Å². The molecule has 0 bridgehead atoms. The molecule has 1 fully saturated rings. The number of β-amino-alcohol motifs (C(OH)–C–C–N with tert-alkyl or cyclic N) is 1. The minimum absolute atomic E-state index is 0.0680. The second-order valence-electron chi connectivity index (χ2n) is 10.5. The summed E-state index contributed by atoms with van der Waals surface area (Å²) >= 11 is 1.60. The van der Waals surface area contributed by atoms with E-state index < -0.39 is 18.1 Å². The molecule has 3 heterocycles. The lowest BCUT2D eigenvalue weighted by Gasteiger charge is -2.29. The fraction of sp³-hybridized carbons (Fsp3) is 0.500. The number of thiazole rings is 1. The van der Waals surface area contributed by atoms with Crippen LogP contribution in [-0.4, -0.2) is 50.7 Å². The highest BCUT2D eigenvalue weighted by Crippen LogP contribution is 2.33. The summed E-state index contributed by atoms with van der Waals surface area (Å²) in [5, 5.41) is 17.6. The smallest absolute Gasteiger partial charge is 0.243 e. The van der Waals surface area contributed by atoms with Crippen molar-refractivity contribution in [2.45, 2.75) is 78.0 Å². The average molecular weight is 525 g/mol. The normalized spacial score (nSPS) is 19.4. The molecule has 0 unspecified atom stereocenters. The van der Waals surface area contributed by atoms with Crippen molar-refractivity contribution in [3.63, 3.8) is 0 Å². The van der Waals surface area contributed by atoms with Crippen LogP contribution in [0.15, 0.2) is 40.4 Å². The van der Waals surface area contributed by atoms with Crippen LogP contribution in [0.25, 0.3) is 10.4 Å². The van der Waals surface area contributed by atoms with Crippen molar-refractivity contribution < 1.29 is 19.2 Å². The molecule has 4 rings (SSSR count). The lowest BCUT2D eigenvalue weighted by atomic mass is 9.90. The molecule has 4 atom stereocenters. The number of amides is 2. The largest absolute Gasteiger partial charge is 0.391 e. The highest BCUT2D eigenvalue weighted by molar-refractivity contribution is 7.13. The molecule has 198 valence electrons. The van der Waals surface area contributed by atoms with E-state index in [-0.39, 0.29) is 42.7 Å². The number of carbonyl (C=O) groups is 2. The zero-order chi connectivity index (χ0) is 26.9. The predicted molar refractivity (Wildman–Crippen MR) is 143 cm³/mol. The molecule has 1 aliphatic rings. The van der Waals surface area contributed by atoms with Gasteiger partial charge in [-0.1, -0.05) is 57.1 Å². The summed E-state index contributed by atoms with van der Waals surface area (Å²) in [6.45, 7) is 11.9. The van der Waals surface area contributed by atoms with Gasteiger partial charge in [0.05, 0.1) is 33.9 Å². The molecule has 2 N–H and O–H groups in total. The molecule has 8 nitrogen and oxygen atoms in total. The number of carbonyl (C=O) groups excluding carboxylic acids is 2. The van der Waals surface area contributed by atoms with Crippen LogP contribution >= 0.6 is 11.3 Å². The van der Waals surface area contributed by atoms with Crippen LogP contribution in [0.5, 0.6) is 0 Å². The standard InChI is InChI=1S/C28H36N4O4S/c1-15(2)22-12-24(36-31-22)25(16(3)4)28(35)32-13-21(33)11-23(32)27(34)30-17(5)19-7-9-20(10-8-19)26-18(6)29-14-37-26/h7-10,12,14-17,21,23,25,33H,11,13H2,1-6H3,(H,30,34)/t17-,21+,23-,25-/m0/s1. The maximum atomic E-state index is 13.7. The van der Waals surface area contributed by atoms with Crippen LogP contribution < -0.4 is 5.32 Å². The number of nitrogens with zero attached hydrogens (tertiary/aromatic N) is 3. The highest BCUT2D eigenvalue weighted by Gasteiger charge is 2.43. The fourth-order valence-electron chi connectivity index (χ4n) is 4.84. The van der Waals surface area contributed by atoms with E-state index in [0.29, 0.717) is 5.76 Å². The summed E-state index contributed by atoms with van der Waals surface area (Å²) in [6, 6.07) is 8.87. The van der Waals surface area contributed by atoms with Gasteiger partial charge < -0.3 is 19.8 Å². The Morgan fingerprint density at radius 1 is 1.16 bits per heavy atom. The van der Waals surface area contributed by atoms with Gasteiger partial charge in [0.15, 0.2) is 0 Å². The number of aliphatic hydroxyl groups is 1. The van der Waals surface area contributed by atoms with E-state index in [1.165, 1.54) is 4.90 Å². The molecule has 2 aromatic heterocycles. The zero-order valence-corrected chi connectivity index (χ0v) is 23.1. The SMILES string of the molecule is Cc1ncsc1-c1ccc([C@H](C)NC(=O)[C@@H]2C[C@@H](O)CN2C(=O)[C@H](c2cc(C(C)C)no2)C(C)C)cc1. The molecule has 0 spiro atoms. The van der Waals surface area contributed by atoms with E-state index in [1.54, 1.807) is 11.3 Å². The number of aryl methyl sites for hydroxylation is 1. The van der Waals surface area contributed by atoms with Crippen molar-refractivity contribution in [3.05, 3.63) is 58.6 Å². The van der Waals surface area contributed by atoms with E-state index in [2.05, 4.69) is 15.5 Å². The van der Waals surface area contributed by atoms with Gasteiger partial charge in [0, 0.05) is 19.0 Å². The first-order valence-corrected chi connectivity index (χ1v) is 13.7. The fourth-order valence-corrected chi connectivity index (χ4v) is 5.65. The molecule has 1 aliphatic heterocycles. The topological polar surface area (TPSA) is 109 Å². The number of aromatic nitrogens is 2. The van der Waals surface area contributed by atoms with Crippen molar-refractivity contribution in [1.29, 1.82) is 0 Å². The second kappa shape index (κ2) is 11.1. The lowest BCUT2D eigenvalue weighted by Crippen LogP contribution is -2.48. The number of nitrogens with one attached hydrogen (secondary N) is 1. The third-order valence-corrected chi connectivity index (χ3v) is 8.00. The summed E-state index contributed by atoms with van der Waals surface area (Å²) in [5.74, 6) is -0.483. The number of hydrogen-bond donors (Lipinski definition) is 2. The third-order valence-electron chi connectivity index (χ3n) is 7.02. The van der Waals surface area contributed by atoms with Gasteiger partial charge in [-0.25, -0.2) is 4.98 Å². The van der Waals surface area contributed by atoms with Gasteiger partial charge in [0.1, 0.15) is 17.7 Å². The minimum atomic E-state index is -0.759. The van der Waals surface area contributed by atoms with Gasteiger partial charge in [-0.2, -0.15) is 0 Å². The first-order valence-electron chi connectivity index (χ1n) is 12.8. The Labute approximate surface area is 222 Å². The molecule has 0 aliphatic carbocycles. The van der Waals surface area contributed by atoms with Crippen LogP contribution in [-0.2, 0) is 9.59 Å². The number of likely N-dealkylation sites (tertiary alicyclic amines) is 1. The molecule has 37 heavy (non-hydrogen) atoms. The molecule has 1 aromatic carbocycles. The number of aliphatic hydroxyl groups excluding tert-OH is 1. The van der Waals surface area contributed by atoms with Crippen LogP contribution in [0, 0.1) is 12.8 Å². The summed E-state index contributed by atoms with van der Waals surface area (Å²) in [4.78, 5) is 34.0. The Hall–Kier alpha value is -3.04. The van der Waals surface area contributed by atoms with Crippen LogP contribution in [0.2, 0.25) is 0 Å². The van der Waals surface area contributed by atoms with E-state index in [1.807, 2.05) is 77.4 Å². The van der Waals surface area contributed by atoms with Crippen molar-refractivity contribution >= 4 is 23.2 Å². The highest BCUT2D eigenvalue weighted by atomic mass is 32.1. The van der Waals surface area contributed by atoms with Gasteiger partial charge in [-0.05, 0) is 36.8 Å². The molecule has 9 heteroatoms. The molecular formula is C28H36N4O4S. The van der Waals surface area contributed by atoms with Crippen LogP contribution in [0.1, 0.15) is 81.6 Å². The number of rotatable bonds is 8. The lowest BCUT2D eigenvalue weighted by molar-refractivity contribution is -0.141. The maximum Gasteiger partial charge on any atom is 0.243 e. The molecule has 2 amide bonds. The Balaban J connectivity index is 1.48. The maximum absolute atomic E-state index is 13.7. The van der Waals surface area contributed by atoms with E-state index in [4.69, 9.17) is 4.52 Å². The molecule has 3 aromatic rings. The van der Waals surface area contributed by atoms with Crippen molar-refractivity contribution in [2.75, 3.05) is 6.54 Å². The van der Waals surface area contributed by atoms with E-state index >= 15 is 0 Å². The van der Waals surface area contributed by atoms with E-state index in [9.17, 15) is 14.7 Å². The summed E-state index contributed by atoms with van der Waals surface area (Å²) in [6.07, 6.45) is -0.558. The van der Waals surface area contributed by atoms with Gasteiger partial charge >= 0.3 is 0 Å². The Bertz CT molecular complexity index is 1230. The van der Waals surface area contributed by atoms with Crippen molar-refractivity contribution in [3.8, 4) is 10.4 Å². The Morgan fingerprint density at radius 3 is 2.43 bits per heavy atom. The summed E-state index contributed by atoms with van der Waals surface area (Å²) in [5.41, 5.74) is 5.66. The predicted octanol–water partition coefficient (Wildman–Crippen LogP) is 4.81. The van der Waals surface area contributed by atoms with Gasteiger partial charge in [0.2, 0.25) is 11.8 Å². The van der Waals surface area contributed by atoms with Gasteiger partial charge in [0.25, 0.3) is 0 Å². The first kappa shape index (κ1) is 27.0. The molecule has 0 radical (unpaired) electrons. The van der Waals surface area contributed by atoms with Crippen LogP contribution in [0.3, 0.4) is 0 Å². The summed E-state index contributed by atoms with van der Waals surface area (Å²) < 4.78 is 5.56. The molecular weight excluding hydrogens is 488 g/mol. The minimum Gasteiger partial charge on any atom is -0.391 e. The first-order chi connectivity index (χ1) is 17.6. The Morgan fingerprint density at radius 2 is 1.86 bits per heavy atom.